The van der Waals surface area contributed by atoms with Gasteiger partial charge < -0.3 is 10.6 Å². The Morgan fingerprint density at radius 1 is 1.50 bits per heavy atom. The lowest BCUT2D eigenvalue weighted by molar-refractivity contribution is 0.0779. The van der Waals surface area contributed by atoms with E-state index in [2.05, 4.69) is 21.8 Å². The molecule has 0 aliphatic rings. The fourth-order valence-electron chi connectivity index (χ4n) is 1.61. The van der Waals surface area contributed by atoms with Gasteiger partial charge in [0.25, 0.3) is 5.91 Å². The highest BCUT2D eigenvalue weighted by Crippen LogP contribution is 2.15. The Morgan fingerprint density at radius 2 is 2.35 bits per heavy atom. The summed E-state index contributed by atoms with van der Waals surface area (Å²) in [6, 6.07) is 1.97. The summed E-state index contributed by atoms with van der Waals surface area (Å²) in [5.74, 6) is 5.63. The highest BCUT2D eigenvalue weighted by atomic mass is 32.1. The minimum Gasteiger partial charge on any atom is -0.336 e. The number of aromatic nitrogens is 2. The van der Waals surface area contributed by atoms with E-state index in [0.717, 1.165) is 10.4 Å². The highest BCUT2D eigenvalue weighted by molar-refractivity contribution is 7.10. The Kier molecular flexibility index (Phi) is 4.82. The van der Waals surface area contributed by atoms with Crippen LogP contribution in [0.5, 0.6) is 0 Å². The monoisotopic (exact) mass is 286 g/mol. The molecule has 0 aliphatic heterocycles. The van der Waals surface area contributed by atoms with Crippen molar-refractivity contribution in [1.29, 1.82) is 0 Å². The third-order valence-corrected chi connectivity index (χ3v) is 3.41. The van der Waals surface area contributed by atoms with Crippen LogP contribution < -0.4 is 5.73 Å². The van der Waals surface area contributed by atoms with Crippen LogP contribution in [0.15, 0.2) is 30.0 Å². The van der Waals surface area contributed by atoms with Gasteiger partial charge in [-0.05, 0) is 17.0 Å². The van der Waals surface area contributed by atoms with Crippen molar-refractivity contribution in [3.8, 4) is 11.8 Å². The second kappa shape index (κ2) is 6.80. The van der Waals surface area contributed by atoms with Crippen molar-refractivity contribution in [1.82, 2.24) is 14.9 Å². The number of carbonyl (C=O) groups excluding carboxylic acids is 1. The van der Waals surface area contributed by atoms with Crippen LogP contribution in [0, 0.1) is 11.8 Å². The molecular formula is C14H14N4OS. The fourth-order valence-corrected chi connectivity index (χ4v) is 2.38. The molecule has 102 valence electrons. The van der Waals surface area contributed by atoms with Crippen LogP contribution in [-0.2, 0) is 6.54 Å². The van der Waals surface area contributed by atoms with Crippen molar-refractivity contribution in [2.24, 2.45) is 5.73 Å². The zero-order valence-electron chi connectivity index (χ0n) is 11.0. The summed E-state index contributed by atoms with van der Waals surface area (Å²) >= 11 is 1.54. The molecule has 6 heteroatoms. The maximum Gasteiger partial charge on any atom is 0.274 e. The van der Waals surface area contributed by atoms with Gasteiger partial charge in [-0.25, -0.2) is 4.98 Å². The van der Waals surface area contributed by atoms with Crippen molar-refractivity contribution < 1.29 is 4.79 Å². The van der Waals surface area contributed by atoms with Crippen LogP contribution in [0.1, 0.15) is 20.9 Å². The van der Waals surface area contributed by atoms with Crippen molar-refractivity contribution in [3.63, 3.8) is 0 Å². The van der Waals surface area contributed by atoms with E-state index in [9.17, 15) is 4.79 Å². The van der Waals surface area contributed by atoms with Gasteiger partial charge in [-0.3, -0.25) is 9.78 Å². The Hall–Kier alpha value is -2.23. The van der Waals surface area contributed by atoms with Crippen LogP contribution in [0.25, 0.3) is 0 Å². The van der Waals surface area contributed by atoms with Gasteiger partial charge in [-0.15, -0.1) is 11.3 Å². The van der Waals surface area contributed by atoms with Crippen molar-refractivity contribution in [3.05, 3.63) is 46.2 Å². The maximum atomic E-state index is 12.1. The standard InChI is InChI=1S/C14H14N4OS/c1-18(14(19)13-8-16-5-6-17-13)9-11-7-12(20-10-11)3-2-4-15/h5-8,10H,4,9,15H2,1H3. The van der Waals surface area contributed by atoms with Gasteiger partial charge in [0.15, 0.2) is 0 Å². The molecule has 1 amide bonds. The summed E-state index contributed by atoms with van der Waals surface area (Å²) < 4.78 is 0. The number of rotatable bonds is 3. The molecule has 0 atom stereocenters. The SMILES string of the molecule is CN(Cc1csc(C#CCN)c1)C(=O)c1cnccn1. The van der Waals surface area contributed by atoms with Crippen molar-refractivity contribution in [2.45, 2.75) is 6.54 Å². The molecule has 2 aromatic heterocycles. The zero-order chi connectivity index (χ0) is 14.4. The number of amides is 1. The first-order valence-electron chi connectivity index (χ1n) is 5.98. The number of carbonyl (C=O) groups is 1. The van der Waals surface area contributed by atoms with Crippen LogP contribution in [0.3, 0.4) is 0 Å². The second-order valence-corrected chi connectivity index (χ2v) is 4.99. The van der Waals surface area contributed by atoms with Gasteiger partial charge in [0.05, 0.1) is 17.6 Å². The van der Waals surface area contributed by atoms with E-state index in [1.807, 2.05) is 11.4 Å². The summed E-state index contributed by atoms with van der Waals surface area (Å²) in [6.45, 7) is 0.856. The van der Waals surface area contributed by atoms with Crippen molar-refractivity contribution in [2.75, 3.05) is 13.6 Å². The molecule has 0 spiro atoms. The molecule has 0 unspecified atom stereocenters. The summed E-state index contributed by atoms with van der Waals surface area (Å²) in [5.41, 5.74) is 6.71. The Balaban J connectivity index is 2.02. The Labute approximate surface area is 121 Å². The van der Waals surface area contributed by atoms with Gasteiger partial charge in [0.1, 0.15) is 5.69 Å². The van der Waals surface area contributed by atoms with Crippen LogP contribution in [0.2, 0.25) is 0 Å². The van der Waals surface area contributed by atoms with Crippen LogP contribution in [0.4, 0.5) is 0 Å². The van der Waals surface area contributed by atoms with E-state index in [1.54, 1.807) is 23.3 Å². The molecule has 0 radical (unpaired) electrons. The summed E-state index contributed by atoms with van der Waals surface area (Å²) in [7, 11) is 1.74. The first-order valence-corrected chi connectivity index (χ1v) is 6.86. The van der Waals surface area contributed by atoms with Gasteiger partial charge in [-0.2, -0.15) is 0 Å². The van der Waals surface area contributed by atoms with E-state index in [0.29, 0.717) is 18.8 Å². The first kappa shape index (κ1) is 14.2. The minimum atomic E-state index is -0.154. The van der Waals surface area contributed by atoms with E-state index >= 15 is 0 Å². The minimum absolute atomic E-state index is 0.154. The van der Waals surface area contributed by atoms with Gasteiger partial charge >= 0.3 is 0 Å². The first-order chi connectivity index (χ1) is 9.70. The Bertz CT molecular complexity index is 642. The molecule has 0 saturated carbocycles. The average molecular weight is 286 g/mol. The summed E-state index contributed by atoms with van der Waals surface area (Å²) in [5, 5.41) is 1.99. The van der Waals surface area contributed by atoms with Crippen LogP contribution in [-0.4, -0.2) is 34.4 Å². The van der Waals surface area contributed by atoms with Crippen LogP contribution >= 0.6 is 11.3 Å². The molecule has 2 rings (SSSR count). The molecule has 0 bridgehead atoms. The van der Waals surface area contributed by atoms with Gasteiger partial charge in [0.2, 0.25) is 0 Å². The molecule has 2 aromatic rings. The number of thiophene rings is 1. The predicted octanol–water partition coefficient (Wildman–Crippen LogP) is 1.12. The van der Waals surface area contributed by atoms with E-state index in [-0.39, 0.29) is 5.91 Å². The predicted molar refractivity (Wildman–Crippen MR) is 78.1 cm³/mol. The lowest BCUT2D eigenvalue weighted by Crippen LogP contribution is -2.26. The van der Waals surface area contributed by atoms with E-state index < -0.39 is 0 Å². The topological polar surface area (TPSA) is 72.1 Å². The third kappa shape index (κ3) is 3.63. The largest absolute Gasteiger partial charge is 0.336 e. The molecular weight excluding hydrogens is 272 g/mol. The smallest absolute Gasteiger partial charge is 0.274 e. The van der Waals surface area contributed by atoms with Crippen molar-refractivity contribution >= 4 is 17.2 Å². The summed E-state index contributed by atoms with van der Waals surface area (Å²) in [6.07, 6.45) is 4.51. The highest BCUT2D eigenvalue weighted by Gasteiger charge is 2.13. The second-order valence-electron chi connectivity index (χ2n) is 4.08. The fraction of sp³-hybridized carbons (Fsp3) is 0.214. The number of hydrogen-bond acceptors (Lipinski definition) is 5. The van der Waals surface area contributed by atoms with E-state index in [4.69, 9.17) is 5.73 Å². The molecule has 2 heterocycles. The lowest BCUT2D eigenvalue weighted by Gasteiger charge is -2.15. The van der Waals surface area contributed by atoms with Gasteiger partial charge in [0, 0.05) is 26.0 Å². The van der Waals surface area contributed by atoms with E-state index in [1.165, 1.54) is 18.6 Å². The zero-order valence-corrected chi connectivity index (χ0v) is 11.9. The quantitative estimate of drug-likeness (QED) is 0.858. The molecule has 20 heavy (non-hydrogen) atoms. The molecule has 0 aliphatic carbocycles. The Morgan fingerprint density at radius 3 is 3.05 bits per heavy atom. The molecule has 2 N–H and O–H groups in total. The number of nitrogens with two attached hydrogens (primary N) is 1. The van der Waals surface area contributed by atoms with Gasteiger partial charge in [-0.1, -0.05) is 11.8 Å². The molecule has 5 nitrogen and oxygen atoms in total. The third-order valence-electron chi connectivity index (χ3n) is 2.52. The molecule has 0 fully saturated rings. The summed E-state index contributed by atoms with van der Waals surface area (Å²) in [4.78, 5) is 22.6. The maximum absolute atomic E-state index is 12.1. The average Bonchev–Trinajstić information content (AvgIpc) is 2.92. The normalized spacial score (nSPS) is 9.70. The molecule has 0 aromatic carbocycles. The number of nitrogens with zero attached hydrogens (tertiary/aromatic N) is 3. The number of hydrogen-bond donors (Lipinski definition) is 1. The molecule has 0 saturated heterocycles. The lowest BCUT2D eigenvalue weighted by atomic mass is 10.2.